The van der Waals surface area contributed by atoms with Gasteiger partial charge in [0.15, 0.2) is 0 Å². The van der Waals surface area contributed by atoms with Gasteiger partial charge in [0.25, 0.3) is 0 Å². The molecule has 0 aliphatic rings. The molecule has 0 bridgehead atoms. The fourth-order valence-electron chi connectivity index (χ4n) is 2.76. The van der Waals surface area contributed by atoms with Crippen LogP contribution in [0.15, 0.2) is 0 Å². The lowest BCUT2D eigenvalue weighted by molar-refractivity contribution is -0.0121. The summed E-state index contributed by atoms with van der Waals surface area (Å²) in [5.74, 6) is 0. The molecule has 0 amide bonds. The molecule has 0 saturated carbocycles. The van der Waals surface area contributed by atoms with Gasteiger partial charge in [-0.3, -0.25) is 0 Å². The van der Waals surface area contributed by atoms with Crippen LogP contribution in [0.25, 0.3) is 0 Å². The average molecular weight is 318 g/mol. The van der Waals surface area contributed by atoms with Gasteiger partial charge in [-0.15, -0.1) is 0 Å². The summed E-state index contributed by atoms with van der Waals surface area (Å²) in [5.41, 5.74) is 5.49. The first-order chi connectivity index (χ1) is 10.6. The lowest BCUT2D eigenvalue weighted by Gasteiger charge is -2.22. The summed E-state index contributed by atoms with van der Waals surface area (Å²) in [6.07, 6.45) is 14.1. The van der Waals surface area contributed by atoms with E-state index >= 15 is 0 Å². The van der Waals surface area contributed by atoms with Crippen LogP contribution in [0.3, 0.4) is 0 Å². The normalized spacial score (nSPS) is 15.7. The van der Waals surface area contributed by atoms with Gasteiger partial charge in [0.1, 0.15) is 0 Å². The summed E-state index contributed by atoms with van der Waals surface area (Å²) in [7, 11) is 0. The van der Waals surface area contributed by atoms with E-state index in [1.54, 1.807) is 0 Å². The van der Waals surface area contributed by atoms with E-state index in [0.29, 0.717) is 6.42 Å². The molecule has 4 nitrogen and oxygen atoms in total. The number of unbranched alkanes of at least 4 members (excludes halogenated alkanes) is 11. The van der Waals surface area contributed by atoms with E-state index in [-0.39, 0.29) is 6.61 Å². The predicted molar refractivity (Wildman–Crippen MR) is 92.8 cm³/mol. The number of hydrogen-bond acceptors (Lipinski definition) is 4. The van der Waals surface area contributed by atoms with Crippen molar-refractivity contribution in [1.82, 2.24) is 0 Å². The van der Waals surface area contributed by atoms with Crippen LogP contribution in [0.1, 0.15) is 90.4 Å². The minimum Gasteiger partial charge on any atom is -0.395 e. The van der Waals surface area contributed by atoms with Crippen LogP contribution in [-0.4, -0.2) is 40.2 Å². The van der Waals surface area contributed by atoms with Gasteiger partial charge in [-0.25, -0.2) is 0 Å². The average Bonchev–Trinajstić information content (AvgIpc) is 2.54. The molecule has 0 unspecified atom stereocenters. The molecule has 0 aliphatic carbocycles. The van der Waals surface area contributed by atoms with Crippen molar-refractivity contribution in [2.45, 2.75) is 109 Å². The maximum absolute atomic E-state index is 9.74. The molecule has 0 aromatic heterocycles. The van der Waals surface area contributed by atoms with Crippen LogP contribution >= 0.6 is 0 Å². The van der Waals surface area contributed by atoms with Crippen molar-refractivity contribution in [3.63, 3.8) is 0 Å². The number of nitrogens with two attached hydrogens (primary N) is 1. The third-order valence-electron chi connectivity index (χ3n) is 4.40. The van der Waals surface area contributed by atoms with Crippen molar-refractivity contribution < 1.29 is 15.3 Å². The molecule has 5 N–H and O–H groups in total. The fraction of sp³-hybridized carbons (Fsp3) is 1.00. The third kappa shape index (κ3) is 12.4. The Labute approximate surface area is 137 Å². The Morgan fingerprint density at radius 1 is 0.727 bits per heavy atom. The van der Waals surface area contributed by atoms with Gasteiger partial charge < -0.3 is 21.1 Å². The van der Waals surface area contributed by atoms with Gasteiger partial charge in [0.2, 0.25) is 0 Å². The van der Waals surface area contributed by atoms with Crippen LogP contribution < -0.4 is 5.73 Å². The summed E-state index contributed by atoms with van der Waals surface area (Å²) in [6.45, 7) is 1.96. The Morgan fingerprint density at radius 2 is 1.14 bits per heavy atom. The topological polar surface area (TPSA) is 86.7 Å². The van der Waals surface area contributed by atoms with Crippen molar-refractivity contribution in [3.05, 3.63) is 0 Å². The van der Waals surface area contributed by atoms with Crippen LogP contribution in [0.5, 0.6) is 0 Å². The summed E-state index contributed by atoms with van der Waals surface area (Å²) < 4.78 is 0. The monoisotopic (exact) mass is 317 g/mol. The standard InChI is InChI=1S/C18H39NO3/c1-2-3-4-5-6-7-8-9-10-11-12-13-14-17(21)18(22)16(19)15-20/h16-18,20-22H,2-15,19H2,1H3/t16-,17-,18+/m1/s1. The molecule has 3 atom stereocenters. The Balaban J connectivity index is 3.26. The second-order valence-electron chi connectivity index (χ2n) is 6.58. The highest BCUT2D eigenvalue weighted by molar-refractivity contribution is 4.77. The molecule has 0 aliphatic heterocycles. The minimum atomic E-state index is -1.02. The molecule has 0 spiro atoms. The van der Waals surface area contributed by atoms with Crippen molar-refractivity contribution >= 4 is 0 Å². The fourth-order valence-corrected chi connectivity index (χ4v) is 2.76. The van der Waals surface area contributed by atoms with E-state index in [4.69, 9.17) is 10.8 Å². The molecule has 4 heteroatoms. The predicted octanol–water partition coefficient (Wildman–Crippen LogP) is 3.12. The summed E-state index contributed by atoms with van der Waals surface area (Å²) in [4.78, 5) is 0. The molecule has 0 saturated heterocycles. The van der Waals surface area contributed by atoms with E-state index in [0.717, 1.165) is 12.8 Å². The van der Waals surface area contributed by atoms with Crippen molar-refractivity contribution in [2.24, 2.45) is 5.73 Å². The van der Waals surface area contributed by atoms with E-state index < -0.39 is 18.2 Å². The first-order valence-electron chi connectivity index (χ1n) is 9.36. The minimum absolute atomic E-state index is 0.295. The van der Waals surface area contributed by atoms with E-state index in [2.05, 4.69) is 6.92 Å². The highest BCUT2D eigenvalue weighted by atomic mass is 16.3. The summed E-state index contributed by atoms with van der Waals surface area (Å²) in [5, 5.41) is 28.2. The van der Waals surface area contributed by atoms with Gasteiger partial charge in [-0.1, -0.05) is 84.0 Å². The zero-order chi connectivity index (χ0) is 16.6. The Hall–Kier alpha value is -0.160. The van der Waals surface area contributed by atoms with E-state index in [1.807, 2.05) is 0 Å². The van der Waals surface area contributed by atoms with Gasteiger partial charge in [0, 0.05) is 0 Å². The van der Waals surface area contributed by atoms with Crippen LogP contribution in [0, 0.1) is 0 Å². The first kappa shape index (κ1) is 21.8. The van der Waals surface area contributed by atoms with Crippen molar-refractivity contribution in [1.29, 1.82) is 0 Å². The first-order valence-corrected chi connectivity index (χ1v) is 9.36. The molecule has 22 heavy (non-hydrogen) atoms. The largest absolute Gasteiger partial charge is 0.395 e. The van der Waals surface area contributed by atoms with E-state index in [1.165, 1.54) is 64.2 Å². The molecule has 0 aromatic rings. The van der Waals surface area contributed by atoms with Gasteiger partial charge >= 0.3 is 0 Å². The van der Waals surface area contributed by atoms with Gasteiger partial charge in [-0.05, 0) is 6.42 Å². The smallest absolute Gasteiger partial charge is 0.0971 e. The number of aliphatic hydroxyl groups excluding tert-OH is 3. The molecular formula is C18H39NO3. The van der Waals surface area contributed by atoms with Gasteiger partial charge in [-0.2, -0.15) is 0 Å². The molecule has 0 fully saturated rings. The summed E-state index contributed by atoms with van der Waals surface area (Å²) >= 11 is 0. The molecular weight excluding hydrogens is 278 g/mol. The molecule has 134 valence electrons. The van der Waals surface area contributed by atoms with Gasteiger partial charge in [0.05, 0.1) is 24.9 Å². The number of rotatable bonds is 16. The van der Waals surface area contributed by atoms with E-state index in [9.17, 15) is 10.2 Å². The zero-order valence-corrected chi connectivity index (χ0v) is 14.6. The number of hydrogen-bond donors (Lipinski definition) is 4. The van der Waals surface area contributed by atoms with Crippen LogP contribution in [-0.2, 0) is 0 Å². The number of aliphatic hydroxyl groups is 3. The second-order valence-corrected chi connectivity index (χ2v) is 6.58. The quantitative estimate of drug-likeness (QED) is 0.329. The molecule has 0 rings (SSSR count). The molecule has 0 heterocycles. The Kier molecular flexibility index (Phi) is 15.6. The van der Waals surface area contributed by atoms with Crippen molar-refractivity contribution in [3.8, 4) is 0 Å². The lowest BCUT2D eigenvalue weighted by atomic mass is 10.00. The Bertz CT molecular complexity index is 226. The molecule has 0 radical (unpaired) electrons. The third-order valence-corrected chi connectivity index (χ3v) is 4.40. The maximum atomic E-state index is 9.74. The maximum Gasteiger partial charge on any atom is 0.0971 e. The summed E-state index contributed by atoms with van der Waals surface area (Å²) in [6, 6.07) is -0.743. The molecule has 0 aromatic carbocycles. The second kappa shape index (κ2) is 15.7. The highest BCUT2D eigenvalue weighted by Gasteiger charge is 2.22. The van der Waals surface area contributed by atoms with Crippen molar-refractivity contribution in [2.75, 3.05) is 6.61 Å². The highest BCUT2D eigenvalue weighted by Crippen LogP contribution is 2.14. The Morgan fingerprint density at radius 3 is 1.55 bits per heavy atom. The zero-order valence-electron chi connectivity index (χ0n) is 14.6. The lowest BCUT2D eigenvalue weighted by Crippen LogP contribution is -2.45. The SMILES string of the molecule is CCCCCCCCCCCCCC[C@@H](O)[C@@H](O)[C@H](N)CO. The van der Waals surface area contributed by atoms with Crippen LogP contribution in [0.4, 0.5) is 0 Å². The van der Waals surface area contributed by atoms with Crippen LogP contribution in [0.2, 0.25) is 0 Å².